The van der Waals surface area contributed by atoms with Crippen molar-refractivity contribution < 1.29 is 18.8 Å². The highest BCUT2D eigenvalue weighted by Crippen LogP contribution is 2.26. The number of rotatable bonds is 2. The number of anilines is 1. The first-order chi connectivity index (χ1) is 11.2. The van der Waals surface area contributed by atoms with Gasteiger partial charge in [0.15, 0.2) is 0 Å². The summed E-state index contributed by atoms with van der Waals surface area (Å²) in [7, 11) is 0. The minimum absolute atomic E-state index is 0.200. The second kappa shape index (κ2) is 5.66. The summed E-state index contributed by atoms with van der Waals surface area (Å²) in [6, 6.07) is 14.2. The molecule has 0 aliphatic carbocycles. The number of quaternary nitrogens is 1. The van der Waals surface area contributed by atoms with E-state index in [1.54, 1.807) is 0 Å². The number of carbonyl (C=O) groups excluding carboxylic acids is 1. The molecule has 0 amide bonds. The van der Waals surface area contributed by atoms with Crippen LogP contribution in [0.25, 0.3) is 0 Å². The van der Waals surface area contributed by atoms with E-state index in [2.05, 4.69) is 4.90 Å². The Morgan fingerprint density at radius 1 is 1.04 bits per heavy atom. The number of carbonyl (C=O) groups is 1. The minimum atomic E-state index is -0.223. The van der Waals surface area contributed by atoms with Crippen LogP contribution in [-0.2, 0) is 4.74 Å². The third-order valence-electron chi connectivity index (χ3n) is 4.66. The van der Waals surface area contributed by atoms with Gasteiger partial charge >= 0.3 is 5.97 Å². The SMILES string of the molecule is O=C1O[C@H]([NH+]2CCN(c3ccc(F)cc3)CC2)c2ccccc21. The number of esters is 1. The van der Waals surface area contributed by atoms with Gasteiger partial charge in [-0.05, 0) is 36.4 Å². The fraction of sp³-hybridized carbons (Fsp3) is 0.278. The van der Waals surface area contributed by atoms with Crippen molar-refractivity contribution in [3.8, 4) is 0 Å². The van der Waals surface area contributed by atoms with Crippen molar-refractivity contribution in [3.05, 3.63) is 65.5 Å². The maximum atomic E-state index is 13.0. The van der Waals surface area contributed by atoms with E-state index in [9.17, 15) is 9.18 Å². The molecule has 0 saturated carbocycles. The molecule has 2 aliphatic rings. The van der Waals surface area contributed by atoms with Gasteiger partial charge in [0.05, 0.1) is 37.3 Å². The molecule has 1 saturated heterocycles. The molecule has 1 N–H and O–H groups in total. The molecule has 4 rings (SSSR count). The first-order valence-electron chi connectivity index (χ1n) is 7.87. The van der Waals surface area contributed by atoms with Gasteiger partial charge in [-0.25, -0.2) is 9.18 Å². The quantitative estimate of drug-likeness (QED) is 0.851. The summed E-state index contributed by atoms with van der Waals surface area (Å²) in [5.41, 5.74) is 2.71. The molecular formula is C18H18FN2O2+. The van der Waals surface area contributed by atoms with Crippen molar-refractivity contribution in [1.82, 2.24) is 0 Å². The van der Waals surface area contributed by atoms with Gasteiger partial charge in [0, 0.05) is 5.69 Å². The first kappa shape index (κ1) is 14.2. The molecule has 1 atom stereocenters. The van der Waals surface area contributed by atoms with E-state index in [0.29, 0.717) is 5.56 Å². The first-order valence-corrected chi connectivity index (χ1v) is 7.87. The molecule has 2 aliphatic heterocycles. The van der Waals surface area contributed by atoms with Crippen molar-refractivity contribution >= 4 is 11.7 Å². The molecule has 118 valence electrons. The smallest absolute Gasteiger partial charge is 0.343 e. The van der Waals surface area contributed by atoms with Crippen LogP contribution in [0.15, 0.2) is 48.5 Å². The van der Waals surface area contributed by atoms with Crippen LogP contribution >= 0.6 is 0 Å². The molecule has 2 aromatic rings. The summed E-state index contributed by atoms with van der Waals surface area (Å²) >= 11 is 0. The number of benzene rings is 2. The van der Waals surface area contributed by atoms with Gasteiger partial charge in [-0.1, -0.05) is 12.1 Å². The standard InChI is InChI=1S/C18H17FN2O2/c19-13-5-7-14(8-6-13)20-9-11-21(12-10-20)17-15-3-1-2-4-16(15)18(22)23-17/h1-8,17H,9-12H2/p+1/t17-/m0/s1. The highest BCUT2D eigenvalue weighted by atomic mass is 19.1. The summed E-state index contributed by atoms with van der Waals surface area (Å²) in [4.78, 5) is 15.5. The van der Waals surface area contributed by atoms with Crippen LogP contribution in [0.3, 0.4) is 0 Å². The number of nitrogens with zero attached hydrogens (tertiary/aromatic N) is 1. The van der Waals surface area contributed by atoms with Gasteiger partial charge in [-0.2, -0.15) is 0 Å². The molecule has 1 fully saturated rings. The topological polar surface area (TPSA) is 34.0 Å². The molecule has 0 spiro atoms. The van der Waals surface area contributed by atoms with Gasteiger partial charge in [0.2, 0.25) is 0 Å². The second-order valence-electron chi connectivity index (χ2n) is 5.99. The third-order valence-corrected chi connectivity index (χ3v) is 4.66. The van der Waals surface area contributed by atoms with Crippen LogP contribution in [0.1, 0.15) is 22.1 Å². The molecule has 0 bridgehead atoms. The molecule has 2 heterocycles. The Kier molecular flexibility index (Phi) is 3.50. The number of piperazine rings is 1. The largest absolute Gasteiger partial charge is 0.404 e. The van der Waals surface area contributed by atoms with Crippen LogP contribution in [0.2, 0.25) is 0 Å². The van der Waals surface area contributed by atoms with E-state index in [1.165, 1.54) is 17.0 Å². The lowest BCUT2D eigenvalue weighted by Crippen LogP contribution is -3.15. The third kappa shape index (κ3) is 2.57. The number of hydrogen-bond donors (Lipinski definition) is 1. The number of hydrogen-bond acceptors (Lipinski definition) is 3. The van der Waals surface area contributed by atoms with E-state index < -0.39 is 0 Å². The zero-order chi connectivity index (χ0) is 15.8. The molecule has 0 aromatic heterocycles. The number of nitrogens with one attached hydrogen (secondary N) is 1. The number of halogens is 1. The summed E-state index contributed by atoms with van der Waals surface area (Å²) in [5, 5.41) is 0. The minimum Gasteiger partial charge on any atom is -0.404 e. The summed E-state index contributed by atoms with van der Waals surface area (Å²) in [6.45, 7) is 3.47. The average molecular weight is 313 g/mol. The zero-order valence-corrected chi connectivity index (χ0v) is 12.7. The van der Waals surface area contributed by atoms with E-state index in [0.717, 1.165) is 37.4 Å². The highest BCUT2D eigenvalue weighted by Gasteiger charge is 2.39. The normalized spacial score (nSPS) is 21.2. The molecule has 23 heavy (non-hydrogen) atoms. The lowest BCUT2D eigenvalue weighted by molar-refractivity contribution is -0.952. The number of ether oxygens (including phenoxy) is 1. The van der Waals surface area contributed by atoms with Crippen molar-refractivity contribution in [3.63, 3.8) is 0 Å². The van der Waals surface area contributed by atoms with Gasteiger partial charge in [-0.3, -0.25) is 4.90 Å². The molecule has 0 unspecified atom stereocenters. The van der Waals surface area contributed by atoms with Gasteiger partial charge < -0.3 is 9.64 Å². The van der Waals surface area contributed by atoms with Crippen LogP contribution in [0.5, 0.6) is 0 Å². The Balaban J connectivity index is 1.46. The Morgan fingerprint density at radius 3 is 2.48 bits per heavy atom. The average Bonchev–Trinajstić information content (AvgIpc) is 2.93. The van der Waals surface area contributed by atoms with Crippen LogP contribution < -0.4 is 9.80 Å². The number of fused-ring (bicyclic) bond motifs is 1. The van der Waals surface area contributed by atoms with E-state index in [1.807, 2.05) is 36.4 Å². The van der Waals surface area contributed by atoms with Crippen LogP contribution in [0, 0.1) is 5.82 Å². The van der Waals surface area contributed by atoms with Crippen molar-refractivity contribution in [2.45, 2.75) is 6.23 Å². The molecule has 2 aromatic carbocycles. The van der Waals surface area contributed by atoms with Gasteiger partial charge in [0.1, 0.15) is 5.82 Å². The van der Waals surface area contributed by atoms with Gasteiger partial charge in [0.25, 0.3) is 6.23 Å². The van der Waals surface area contributed by atoms with Crippen molar-refractivity contribution in [2.24, 2.45) is 0 Å². The Bertz CT molecular complexity index is 724. The predicted molar refractivity (Wildman–Crippen MR) is 83.9 cm³/mol. The molecular weight excluding hydrogens is 295 g/mol. The van der Waals surface area contributed by atoms with E-state index in [4.69, 9.17) is 4.74 Å². The molecule has 4 nitrogen and oxygen atoms in total. The monoisotopic (exact) mass is 313 g/mol. The fourth-order valence-corrected chi connectivity index (χ4v) is 3.42. The van der Waals surface area contributed by atoms with Crippen molar-refractivity contribution in [1.29, 1.82) is 0 Å². The summed E-state index contributed by atoms with van der Waals surface area (Å²) in [5.74, 6) is -0.438. The second-order valence-corrected chi connectivity index (χ2v) is 5.99. The van der Waals surface area contributed by atoms with Crippen LogP contribution in [-0.4, -0.2) is 32.1 Å². The lowest BCUT2D eigenvalue weighted by Gasteiger charge is -2.35. The van der Waals surface area contributed by atoms with Crippen LogP contribution in [0.4, 0.5) is 10.1 Å². The predicted octanol–water partition coefficient (Wildman–Crippen LogP) is 1.40. The Hall–Kier alpha value is -2.40. The van der Waals surface area contributed by atoms with E-state index >= 15 is 0 Å². The zero-order valence-electron chi connectivity index (χ0n) is 12.7. The molecule has 0 radical (unpaired) electrons. The van der Waals surface area contributed by atoms with Crippen molar-refractivity contribution in [2.75, 3.05) is 31.1 Å². The molecule has 5 heteroatoms. The van der Waals surface area contributed by atoms with E-state index in [-0.39, 0.29) is 18.0 Å². The summed E-state index contributed by atoms with van der Waals surface area (Å²) in [6.07, 6.45) is -0.200. The van der Waals surface area contributed by atoms with Gasteiger partial charge in [-0.15, -0.1) is 0 Å². The summed E-state index contributed by atoms with van der Waals surface area (Å²) < 4.78 is 18.6. The Labute approximate surface area is 134 Å². The fourth-order valence-electron chi connectivity index (χ4n) is 3.42. The lowest BCUT2D eigenvalue weighted by atomic mass is 10.1. The number of cyclic esters (lactones) is 1. The maximum absolute atomic E-state index is 13.0. The Morgan fingerprint density at radius 2 is 1.74 bits per heavy atom. The maximum Gasteiger partial charge on any atom is 0.343 e. The highest BCUT2D eigenvalue weighted by molar-refractivity contribution is 5.93.